The minimum atomic E-state index is -1.14. The quantitative estimate of drug-likeness (QED) is 0.635. The van der Waals surface area contributed by atoms with Gasteiger partial charge >= 0.3 is 5.97 Å². The highest BCUT2D eigenvalue weighted by Crippen LogP contribution is 2.21. The van der Waals surface area contributed by atoms with E-state index in [0.29, 0.717) is 0 Å². The predicted octanol–water partition coefficient (Wildman–Crippen LogP) is 1.75. The van der Waals surface area contributed by atoms with Crippen LogP contribution in [0.5, 0.6) is 0 Å². The fourth-order valence-electron chi connectivity index (χ4n) is 1.87. The molecule has 1 amide bonds. The molecule has 0 aliphatic carbocycles. The summed E-state index contributed by atoms with van der Waals surface area (Å²) < 4.78 is 0. The van der Waals surface area contributed by atoms with Gasteiger partial charge in [-0.05, 0) is 5.41 Å². The first-order chi connectivity index (χ1) is 9.62. The van der Waals surface area contributed by atoms with Gasteiger partial charge in [0.25, 0.3) is 5.69 Å². The van der Waals surface area contributed by atoms with E-state index in [-0.39, 0.29) is 17.7 Å². The lowest BCUT2D eigenvalue weighted by Gasteiger charge is -2.27. The summed E-state index contributed by atoms with van der Waals surface area (Å²) in [7, 11) is 0. The number of benzene rings is 1. The molecule has 0 aromatic heterocycles. The molecule has 0 saturated heterocycles. The Morgan fingerprint density at radius 1 is 1.33 bits per heavy atom. The second-order valence-electron chi connectivity index (χ2n) is 5.77. The van der Waals surface area contributed by atoms with Gasteiger partial charge in [-0.25, -0.2) is 4.79 Å². The fraction of sp³-hybridized carbons (Fsp3) is 0.429. The highest BCUT2D eigenvalue weighted by molar-refractivity contribution is 5.85. The van der Waals surface area contributed by atoms with Crippen molar-refractivity contribution in [2.75, 3.05) is 0 Å². The topological polar surface area (TPSA) is 110 Å². The first kappa shape index (κ1) is 16.6. The zero-order valence-corrected chi connectivity index (χ0v) is 12.1. The number of nitro groups is 1. The average molecular weight is 294 g/mol. The smallest absolute Gasteiger partial charge is 0.326 e. The summed E-state index contributed by atoms with van der Waals surface area (Å²) in [5.41, 5.74) is -0.572. The average Bonchev–Trinajstić information content (AvgIpc) is 2.34. The lowest BCUT2D eigenvalue weighted by atomic mass is 9.86. The standard InChI is InChI=1S/C14H18N2O5/c1-14(2,3)12(13(18)19)15-11(17)8-9-6-4-5-7-10(9)16(20)21/h4-7,12H,8H2,1-3H3,(H,15,17)(H,18,19). The van der Waals surface area contributed by atoms with Crippen molar-refractivity contribution in [3.63, 3.8) is 0 Å². The van der Waals surface area contributed by atoms with Gasteiger partial charge in [0.15, 0.2) is 0 Å². The molecule has 1 aromatic carbocycles. The van der Waals surface area contributed by atoms with Gasteiger partial charge in [0.2, 0.25) is 5.91 Å². The van der Waals surface area contributed by atoms with Crippen LogP contribution < -0.4 is 5.32 Å². The summed E-state index contributed by atoms with van der Waals surface area (Å²) in [5.74, 6) is -1.70. The first-order valence-corrected chi connectivity index (χ1v) is 6.37. The van der Waals surface area contributed by atoms with Crippen LogP contribution in [-0.4, -0.2) is 27.9 Å². The van der Waals surface area contributed by atoms with Gasteiger partial charge in [-0.1, -0.05) is 39.0 Å². The molecule has 1 aromatic rings. The Kier molecular flexibility index (Phi) is 5.02. The molecule has 0 aliphatic rings. The molecule has 0 aliphatic heterocycles. The van der Waals surface area contributed by atoms with Crippen LogP contribution in [-0.2, 0) is 16.0 Å². The molecule has 2 N–H and O–H groups in total. The highest BCUT2D eigenvalue weighted by Gasteiger charge is 2.32. The minimum absolute atomic E-state index is 0.157. The molecule has 0 fully saturated rings. The van der Waals surface area contributed by atoms with E-state index >= 15 is 0 Å². The van der Waals surface area contributed by atoms with Crippen LogP contribution in [0, 0.1) is 15.5 Å². The molecule has 0 spiro atoms. The van der Waals surface area contributed by atoms with E-state index in [9.17, 15) is 19.7 Å². The van der Waals surface area contributed by atoms with Crippen molar-refractivity contribution in [2.45, 2.75) is 33.2 Å². The van der Waals surface area contributed by atoms with Gasteiger partial charge in [0.05, 0.1) is 11.3 Å². The maximum absolute atomic E-state index is 12.0. The van der Waals surface area contributed by atoms with E-state index in [1.807, 2.05) is 0 Å². The molecule has 0 bridgehead atoms. The summed E-state index contributed by atoms with van der Waals surface area (Å²) in [5, 5.41) is 22.4. The maximum atomic E-state index is 12.0. The number of carboxylic acid groups (broad SMARTS) is 1. The summed E-state index contributed by atoms with van der Waals surface area (Å²) in [6, 6.07) is 4.82. The van der Waals surface area contributed by atoms with Crippen molar-refractivity contribution in [1.29, 1.82) is 0 Å². The van der Waals surface area contributed by atoms with Crippen molar-refractivity contribution >= 4 is 17.6 Å². The Balaban J connectivity index is 2.87. The number of carboxylic acids is 1. The van der Waals surface area contributed by atoms with E-state index in [1.54, 1.807) is 26.8 Å². The van der Waals surface area contributed by atoms with Crippen molar-refractivity contribution in [3.8, 4) is 0 Å². The lowest BCUT2D eigenvalue weighted by molar-refractivity contribution is -0.385. The van der Waals surface area contributed by atoms with E-state index in [1.165, 1.54) is 18.2 Å². The van der Waals surface area contributed by atoms with Crippen LogP contribution in [0.25, 0.3) is 0 Å². The number of nitrogens with zero attached hydrogens (tertiary/aromatic N) is 1. The number of nitrogens with one attached hydrogen (secondary N) is 1. The van der Waals surface area contributed by atoms with Crippen LogP contribution in [0.1, 0.15) is 26.3 Å². The third-order valence-corrected chi connectivity index (χ3v) is 2.96. The molecular formula is C14H18N2O5. The van der Waals surface area contributed by atoms with Gasteiger partial charge < -0.3 is 10.4 Å². The monoisotopic (exact) mass is 294 g/mol. The van der Waals surface area contributed by atoms with E-state index < -0.39 is 28.3 Å². The van der Waals surface area contributed by atoms with Crippen LogP contribution in [0.4, 0.5) is 5.69 Å². The largest absolute Gasteiger partial charge is 0.480 e. The van der Waals surface area contributed by atoms with Crippen LogP contribution in [0.3, 0.4) is 0 Å². The third-order valence-electron chi connectivity index (χ3n) is 2.96. The van der Waals surface area contributed by atoms with Crippen LogP contribution in [0.15, 0.2) is 24.3 Å². The number of carbonyl (C=O) groups excluding carboxylic acids is 1. The molecule has 0 saturated carbocycles. The summed E-state index contributed by atoms with van der Waals surface area (Å²) in [6.07, 6.45) is -0.239. The Morgan fingerprint density at radius 3 is 2.38 bits per heavy atom. The number of amides is 1. The normalized spacial score (nSPS) is 12.5. The zero-order valence-electron chi connectivity index (χ0n) is 12.1. The Labute approximate surface area is 122 Å². The highest BCUT2D eigenvalue weighted by atomic mass is 16.6. The maximum Gasteiger partial charge on any atom is 0.326 e. The Morgan fingerprint density at radius 2 is 1.90 bits per heavy atom. The fourth-order valence-corrected chi connectivity index (χ4v) is 1.87. The van der Waals surface area contributed by atoms with Crippen molar-refractivity contribution in [1.82, 2.24) is 5.32 Å². The van der Waals surface area contributed by atoms with Crippen molar-refractivity contribution in [2.24, 2.45) is 5.41 Å². The third kappa shape index (κ3) is 4.55. The first-order valence-electron chi connectivity index (χ1n) is 6.37. The molecule has 1 rings (SSSR count). The number of hydrogen-bond acceptors (Lipinski definition) is 4. The minimum Gasteiger partial charge on any atom is -0.480 e. The van der Waals surface area contributed by atoms with E-state index in [4.69, 9.17) is 5.11 Å². The molecule has 114 valence electrons. The molecule has 7 heteroatoms. The zero-order chi connectivity index (χ0) is 16.2. The molecule has 21 heavy (non-hydrogen) atoms. The molecule has 0 radical (unpaired) electrons. The summed E-state index contributed by atoms with van der Waals surface area (Å²) >= 11 is 0. The molecule has 1 unspecified atom stereocenters. The number of rotatable bonds is 5. The van der Waals surface area contributed by atoms with Gasteiger partial charge in [-0.2, -0.15) is 0 Å². The van der Waals surface area contributed by atoms with Crippen molar-refractivity contribution in [3.05, 3.63) is 39.9 Å². The summed E-state index contributed by atoms with van der Waals surface area (Å²) in [6.45, 7) is 5.07. The number of hydrogen-bond donors (Lipinski definition) is 2. The van der Waals surface area contributed by atoms with Crippen LogP contribution in [0.2, 0.25) is 0 Å². The van der Waals surface area contributed by atoms with Gasteiger partial charge in [0, 0.05) is 11.6 Å². The number of carbonyl (C=O) groups is 2. The SMILES string of the molecule is CC(C)(C)C(NC(=O)Cc1ccccc1[N+](=O)[O-])C(=O)O. The number of nitro benzene ring substituents is 1. The van der Waals surface area contributed by atoms with E-state index in [2.05, 4.69) is 5.32 Å². The molecule has 7 nitrogen and oxygen atoms in total. The van der Waals surface area contributed by atoms with Crippen LogP contribution >= 0.6 is 0 Å². The lowest BCUT2D eigenvalue weighted by Crippen LogP contribution is -2.49. The van der Waals surface area contributed by atoms with E-state index in [0.717, 1.165) is 0 Å². The number of para-hydroxylation sites is 1. The number of aliphatic carboxylic acids is 1. The van der Waals surface area contributed by atoms with Crippen molar-refractivity contribution < 1.29 is 19.6 Å². The molecule has 1 atom stereocenters. The Hall–Kier alpha value is -2.44. The molecular weight excluding hydrogens is 276 g/mol. The summed E-state index contributed by atoms with van der Waals surface area (Å²) in [4.78, 5) is 33.4. The Bertz CT molecular complexity index is 563. The van der Waals surface area contributed by atoms with Gasteiger partial charge in [-0.3, -0.25) is 14.9 Å². The second-order valence-corrected chi connectivity index (χ2v) is 5.77. The van der Waals surface area contributed by atoms with Gasteiger partial charge in [0.1, 0.15) is 6.04 Å². The molecule has 0 heterocycles. The van der Waals surface area contributed by atoms with Gasteiger partial charge in [-0.15, -0.1) is 0 Å². The second kappa shape index (κ2) is 6.34. The predicted molar refractivity (Wildman–Crippen MR) is 75.8 cm³/mol.